The molecule has 0 amide bonds. The Morgan fingerprint density at radius 2 is 0.859 bits per heavy atom. The van der Waals surface area contributed by atoms with Crippen LogP contribution in [-0.2, 0) is 11.8 Å². The molecule has 0 saturated heterocycles. The van der Waals surface area contributed by atoms with Gasteiger partial charge in [0.2, 0.25) is 0 Å². The molecule has 7 aromatic carbocycles. The predicted octanol–water partition coefficient (Wildman–Crippen LogP) is 14.7. The average Bonchev–Trinajstić information content (AvgIpc) is 3.84. The van der Waals surface area contributed by atoms with Crippen molar-refractivity contribution in [1.82, 2.24) is 24.9 Å². The van der Waals surface area contributed by atoms with Gasteiger partial charge in [0.25, 0.3) is 0 Å². The van der Waals surface area contributed by atoms with E-state index < -0.39 is 0 Å². The van der Waals surface area contributed by atoms with Crippen LogP contribution >= 0.6 is 11.3 Å². The van der Waals surface area contributed by atoms with Crippen molar-refractivity contribution in [1.29, 1.82) is 0 Å². The van der Waals surface area contributed by atoms with E-state index in [0.717, 1.165) is 63.4 Å². The SMILES string of the molecule is CC1(C)c2cc(C3=Cc4sc5ccc(-c6nc(-c7ccccc7)nc(-c7ccccc7)n6)cc5c4CC3)ccc2-c2ccc(-c3nc(-c4ccccc4)cc(-c4ccccc4)n3)cc21. The second-order valence-corrected chi connectivity index (χ2v) is 18.3. The maximum atomic E-state index is 5.15. The van der Waals surface area contributed by atoms with Gasteiger partial charge in [-0.25, -0.2) is 24.9 Å². The summed E-state index contributed by atoms with van der Waals surface area (Å²) in [4.78, 5) is 26.6. The van der Waals surface area contributed by atoms with Crippen LogP contribution < -0.4 is 0 Å². The first kappa shape index (κ1) is 38.0. The Bertz CT molecular complexity index is 3330. The van der Waals surface area contributed by atoms with Crippen LogP contribution in [0.3, 0.4) is 0 Å². The zero-order chi connectivity index (χ0) is 42.8. The molecule has 12 rings (SSSR count). The summed E-state index contributed by atoms with van der Waals surface area (Å²) in [6, 6.07) is 63.8. The van der Waals surface area contributed by atoms with Crippen LogP contribution in [0.4, 0.5) is 0 Å². The summed E-state index contributed by atoms with van der Waals surface area (Å²) < 4.78 is 1.28. The number of aryl methyl sites for hydroxylation is 1. The second kappa shape index (κ2) is 15.3. The fourth-order valence-corrected chi connectivity index (χ4v) is 10.7. The standard InChI is InChI=1S/C58H41N5S/c1-58(2)48-32-40(23-27-44(48)45-28-25-43(33-49(45)58)56-59-50(36-15-7-3-8-16-36)35-51(60-56)37-17-9-4-10-18-37)41-24-29-46-47-31-42(26-30-52(47)64-53(46)34-41)57-62-54(38-19-11-5-12-20-38)61-55(63-57)39-21-13-6-14-22-39/h3-23,25-28,30-35H,24,29H2,1-2H3. The zero-order valence-electron chi connectivity index (χ0n) is 35.5. The molecule has 0 fully saturated rings. The number of hydrogen-bond donors (Lipinski definition) is 0. The Balaban J connectivity index is 0.875. The molecule has 304 valence electrons. The Kier molecular flexibility index (Phi) is 9.09. The molecule has 6 heteroatoms. The maximum Gasteiger partial charge on any atom is 0.164 e. The van der Waals surface area contributed by atoms with Crippen LogP contribution in [0.5, 0.6) is 0 Å². The van der Waals surface area contributed by atoms with Gasteiger partial charge in [-0.05, 0) is 99.7 Å². The summed E-state index contributed by atoms with van der Waals surface area (Å²) in [5.41, 5.74) is 17.0. The highest BCUT2D eigenvalue weighted by atomic mass is 32.1. The molecule has 0 radical (unpaired) electrons. The van der Waals surface area contributed by atoms with E-state index in [1.807, 2.05) is 59.9 Å². The predicted molar refractivity (Wildman–Crippen MR) is 264 cm³/mol. The smallest absolute Gasteiger partial charge is 0.164 e. The van der Waals surface area contributed by atoms with Gasteiger partial charge in [0, 0.05) is 48.4 Å². The van der Waals surface area contributed by atoms with Gasteiger partial charge >= 0.3 is 0 Å². The van der Waals surface area contributed by atoms with Gasteiger partial charge in [0.15, 0.2) is 23.3 Å². The Morgan fingerprint density at radius 3 is 1.42 bits per heavy atom. The molecule has 5 nitrogen and oxygen atoms in total. The van der Waals surface area contributed by atoms with Crippen molar-refractivity contribution in [3.63, 3.8) is 0 Å². The van der Waals surface area contributed by atoms with Crippen molar-refractivity contribution in [2.75, 3.05) is 0 Å². The number of thiophene rings is 1. The molecule has 0 aliphatic heterocycles. The number of fused-ring (bicyclic) bond motifs is 6. The molecule has 2 aliphatic rings. The Labute approximate surface area is 376 Å². The molecule has 0 atom stereocenters. The molecule has 10 aromatic rings. The molecule has 2 aliphatic carbocycles. The largest absolute Gasteiger partial charge is 0.228 e. The zero-order valence-corrected chi connectivity index (χ0v) is 36.3. The molecule has 3 heterocycles. The summed E-state index contributed by atoms with van der Waals surface area (Å²) in [5, 5.41) is 1.28. The van der Waals surface area contributed by atoms with E-state index in [2.05, 4.69) is 153 Å². The van der Waals surface area contributed by atoms with Gasteiger partial charge in [0.1, 0.15) is 0 Å². The minimum atomic E-state index is -0.208. The third-order valence-corrected chi connectivity index (χ3v) is 14.1. The molecular weight excluding hydrogens is 799 g/mol. The number of hydrogen-bond acceptors (Lipinski definition) is 6. The molecule has 0 saturated carbocycles. The van der Waals surface area contributed by atoms with Crippen LogP contribution in [0.1, 0.15) is 47.4 Å². The molecule has 0 bridgehead atoms. The van der Waals surface area contributed by atoms with Gasteiger partial charge in [-0.1, -0.05) is 159 Å². The first-order valence-corrected chi connectivity index (χ1v) is 22.7. The van der Waals surface area contributed by atoms with Crippen LogP contribution in [-0.4, -0.2) is 24.9 Å². The summed E-state index contributed by atoms with van der Waals surface area (Å²) >= 11 is 1.87. The van der Waals surface area contributed by atoms with Crippen molar-refractivity contribution < 1.29 is 0 Å². The lowest BCUT2D eigenvalue weighted by Gasteiger charge is -2.23. The van der Waals surface area contributed by atoms with Crippen LogP contribution in [0.15, 0.2) is 182 Å². The third kappa shape index (κ3) is 6.66. The van der Waals surface area contributed by atoms with Crippen molar-refractivity contribution in [3.05, 3.63) is 209 Å². The van der Waals surface area contributed by atoms with E-state index in [9.17, 15) is 0 Å². The highest BCUT2D eigenvalue weighted by Crippen LogP contribution is 2.51. The van der Waals surface area contributed by atoms with Gasteiger partial charge in [-0.15, -0.1) is 11.3 Å². The summed E-state index contributed by atoms with van der Waals surface area (Å²) in [6.07, 6.45) is 4.38. The van der Waals surface area contributed by atoms with Gasteiger partial charge < -0.3 is 0 Å². The van der Waals surface area contributed by atoms with Crippen LogP contribution in [0.25, 0.3) is 101 Å². The van der Waals surface area contributed by atoms with Crippen LogP contribution in [0.2, 0.25) is 0 Å². The number of nitrogens with zero attached hydrogens (tertiary/aromatic N) is 5. The first-order chi connectivity index (χ1) is 31.4. The van der Waals surface area contributed by atoms with Crippen LogP contribution in [0, 0.1) is 0 Å². The molecule has 0 unspecified atom stereocenters. The fourth-order valence-electron chi connectivity index (χ4n) is 9.50. The first-order valence-electron chi connectivity index (χ1n) is 21.9. The van der Waals surface area contributed by atoms with Gasteiger partial charge in [-0.2, -0.15) is 0 Å². The van der Waals surface area contributed by atoms with E-state index in [0.29, 0.717) is 17.5 Å². The minimum Gasteiger partial charge on any atom is -0.228 e. The Morgan fingerprint density at radius 1 is 0.406 bits per heavy atom. The van der Waals surface area contributed by atoms with E-state index in [-0.39, 0.29) is 5.41 Å². The lowest BCUT2D eigenvalue weighted by atomic mass is 9.80. The molecule has 64 heavy (non-hydrogen) atoms. The molecular formula is C58H41N5S. The van der Waals surface area contributed by atoms with E-state index >= 15 is 0 Å². The van der Waals surface area contributed by atoms with E-state index in [4.69, 9.17) is 24.9 Å². The van der Waals surface area contributed by atoms with Gasteiger partial charge in [0.05, 0.1) is 11.4 Å². The monoisotopic (exact) mass is 839 g/mol. The number of rotatable bonds is 7. The van der Waals surface area contributed by atoms with Crippen molar-refractivity contribution >= 4 is 33.1 Å². The summed E-state index contributed by atoms with van der Waals surface area (Å²) in [7, 11) is 0. The average molecular weight is 840 g/mol. The van der Waals surface area contributed by atoms with E-state index in [1.165, 1.54) is 53.9 Å². The van der Waals surface area contributed by atoms with Crippen molar-refractivity contribution in [2.24, 2.45) is 0 Å². The minimum absolute atomic E-state index is 0.208. The molecule has 0 N–H and O–H groups in total. The van der Waals surface area contributed by atoms with Gasteiger partial charge in [-0.3, -0.25) is 0 Å². The topological polar surface area (TPSA) is 64.5 Å². The second-order valence-electron chi connectivity index (χ2n) is 17.2. The number of allylic oxidation sites excluding steroid dienone is 1. The number of aromatic nitrogens is 5. The highest BCUT2D eigenvalue weighted by Gasteiger charge is 2.36. The summed E-state index contributed by atoms with van der Waals surface area (Å²) in [5.74, 6) is 2.76. The third-order valence-electron chi connectivity index (χ3n) is 12.9. The highest BCUT2D eigenvalue weighted by molar-refractivity contribution is 7.20. The molecule has 0 spiro atoms. The normalized spacial score (nSPS) is 13.6. The maximum absolute atomic E-state index is 5.15. The lowest BCUT2D eigenvalue weighted by Crippen LogP contribution is -2.15. The van der Waals surface area contributed by atoms with Crippen molar-refractivity contribution in [3.8, 4) is 79.2 Å². The summed E-state index contributed by atoms with van der Waals surface area (Å²) in [6.45, 7) is 4.72. The van der Waals surface area contributed by atoms with E-state index in [1.54, 1.807) is 0 Å². The fraction of sp³-hybridized carbons (Fsp3) is 0.0862. The lowest BCUT2D eigenvalue weighted by molar-refractivity contribution is 0.660. The number of benzene rings is 7. The van der Waals surface area contributed by atoms with Crippen molar-refractivity contribution in [2.45, 2.75) is 32.1 Å². The Hall–Kier alpha value is -7.67. The quantitative estimate of drug-likeness (QED) is 0.160. The molecule has 3 aromatic heterocycles.